The zero-order chi connectivity index (χ0) is 6.69. The summed E-state index contributed by atoms with van der Waals surface area (Å²) in [5.74, 6) is 0. The van der Waals surface area contributed by atoms with Gasteiger partial charge in [0.2, 0.25) is 0 Å². The Labute approximate surface area is 54.2 Å². The number of rotatable bonds is 1. The molecule has 1 unspecified atom stereocenters. The van der Waals surface area contributed by atoms with Crippen molar-refractivity contribution in [3.05, 3.63) is 4.91 Å². The summed E-state index contributed by atoms with van der Waals surface area (Å²) in [7, 11) is 1.91. The van der Waals surface area contributed by atoms with E-state index >= 15 is 0 Å². The maximum atomic E-state index is 10.0. The van der Waals surface area contributed by atoms with Crippen molar-refractivity contribution in [3.8, 4) is 0 Å². The van der Waals surface area contributed by atoms with Gasteiger partial charge in [-0.3, -0.25) is 4.90 Å². The highest BCUT2D eigenvalue weighted by Crippen LogP contribution is 1.98. The molecule has 1 aliphatic rings. The van der Waals surface area contributed by atoms with E-state index in [-0.39, 0.29) is 6.17 Å². The van der Waals surface area contributed by atoms with Gasteiger partial charge in [0, 0.05) is 19.6 Å². The second-order valence-electron chi connectivity index (χ2n) is 2.27. The predicted octanol–water partition coefficient (Wildman–Crippen LogP) is -0.386. The second-order valence-corrected chi connectivity index (χ2v) is 2.27. The Morgan fingerprint density at radius 2 is 2.56 bits per heavy atom. The van der Waals surface area contributed by atoms with Gasteiger partial charge in [-0.1, -0.05) is 0 Å². The maximum Gasteiger partial charge on any atom is 0.157 e. The highest BCUT2D eigenvalue weighted by molar-refractivity contribution is 4.73. The van der Waals surface area contributed by atoms with E-state index in [0.29, 0.717) is 6.54 Å². The zero-order valence-electron chi connectivity index (χ0n) is 5.50. The molecule has 0 radical (unpaired) electrons. The minimum Gasteiger partial charge on any atom is -0.312 e. The first-order valence-electron chi connectivity index (χ1n) is 3.08. The van der Waals surface area contributed by atoms with Crippen molar-refractivity contribution in [2.75, 3.05) is 26.7 Å². The van der Waals surface area contributed by atoms with Crippen molar-refractivity contribution in [3.63, 3.8) is 0 Å². The van der Waals surface area contributed by atoms with Gasteiger partial charge in [-0.15, -0.1) is 4.91 Å². The third kappa shape index (κ3) is 1.46. The number of piperazine rings is 1. The van der Waals surface area contributed by atoms with E-state index in [1.165, 1.54) is 0 Å². The standard InChI is InChI=1S/C5H11N3O/c1-8-3-2-6-4-5(8)7-9/h5-6H,2-4H2,1H3. The first-order chi connectivity index (χ1) is 4.34. The normalized spacial score (nSPS) is 30.1. The molecule has 1 fully saturated rings. The summed E-state index contributed by atoms with van der Waals surface area (Å²) in [6.07, 6.45) is -0.154. The van der Waals surface area contributed by atoms with Gasteiger partial charge in [0.05, 0.1) is 0 Å². The van der Waals surface area contributed by atoms with Crippen LogP contribution in [-0.2, 0) is 0 Å². The van der Waals surface area contributed by atoms with Crippen molar-refractivity contribution < 1.29 is 0 Å². The van der Waals surface area contributed by atoms with Crippen LogP contribution in [0.5, 0.6) is 0 Å². The molecule has 0 saturated carbocycles. The monoisotopic (exact) mass is 129 g/mol. The fourth-order valence-corrected chi connectivity index (χ4v) is 0.909. The first-order valence-corrected chi connectivity index (χ1v) is 3.08. The molecule has 4 nitrogen and oxygen atoms in total. The number of nitrogens with zero attached hydrogens (tertiary/aromatic N) is 2. The van der Waals surface area contributed by atoms with Gasteiger partial charge in [0.25, 0.3) is 0 Å². The molecule has 1 N–H and O–H groups in total. The molecule has 0 spiro atoms. The molecule has 0 aliphatic carbocycles. The maximum absolute atomic E-state index is 10.0. The lowest BCUT2D eigenvalue weighted by atomic mass is 10.3. The SMILES string of the molecule is CN1CCNCC1N=O. The van der Waals surface area contributed by atoms with Crippen LogP contribution < -0.4 is 5.32 Å². The number of hydrogen-bond acceptors (Lipinski definition) is 4. The molecule has 1 rings (SSSR count). The van der Waals surface area contributed by atoms with Gasteiger partial charge < -0.3 is 5.32 Å². The van der Waals surface area contributed by atoms with Gasteiger partial charge in [-0.25, -0.2) is 0 Å². The summed E-state index contributed by atoms with van der Waals surface area (Å²) in [5, 5.41) is 6.02. The lowest BCUT2D eigenvalue weighted by molar-refractivity contribution is 0.205. The molecule has 9 heavy (non-hydrogen) atoms. The summed E-state index contributed by atoms with van der Waals surface area (Å²) >= 11 is 0. The van der Waals surface area contributed by atoms with Crippen molar-refractivity contribution in [2.45, 2.75) is 6.17 Å². The van der Waals surface area contributed by atoms with Crippen LogP contribution in [0.25, 0.3) is 0 Å². The van der Waals surface area contributed by atoms with Gasteiger partial charge in [-0.2, -0.15) is 0 Å². The molecule has 1 atom stereocenters. The van der Waals surface area contributed by atoms with Crippen LogP contribution in [0.1, 0.15) is 0 Å². The molecule has 1 aliphatic heterocycles. The fourth-order valence-electron chi connectivity index (χ4n) is 0.909. The molecule has 0 aromatic rings. The summed E-state index contributed by atoms with van der Waals surface area (Å²) in [5.41, 5.74) is 0. The Kier molecular flexibility index (Phi) is 2.13. The van der Waals surface area contributed by atoms with Crippen LogP contribution in [-0.4, -0.2) is 37.7 Å². The lowest BCUT2D eigenvalue weighted by Gasteiger charge is -2.27. The highest BCUT2D eigenvalue weighted by Gasteiger charge is 2.17. The second kappa shape index (κ2) is 2.89. The van der Waals surface area contributed by atoms with E-state index in [9.17, 15) is 4.91 Å². The molecule has 0 amide bonds. The summed E-state index contributed by atoms with van der Waals surface area (Å²) in [6.45, 7) is 2.57. The molecule has 52 valence electrons. The molecule has 0 aromatic carbocycles. The van der Waals surface area contributed by atoms with Crippen molar-refractivity contribution >= 4 is 0 Å². The average molecular weight is 129 g/mol. The Bertz CT molecular complexity index is 106. The van der Waals surface area contributed by atoms with Crippen LogP contribution in [0.3, 0.4) is 0 Å². The van der Waals surface area contributed by atoms with E-state index in [4.69, 9.17) is 0 Å². The first kappa shape index (κ1) is 6.64. The largest absolute Gasteiger partial charge is 0.312 e. The number of hydrogen-bond donors (Lipinski definition) is 1. The molecule has 0 aromatic heterocycles. The third-order valence-electron chi connectivity index (χ3n) is 1.60. The Balaban J connectivity index is 2.38. The average Bonchev–Trinajstić information content (AvgIpc) is 1.89. The number of nitroso groups, excluding NO2 is 1. The zero-order valence-corrected chi connectivity index (χ0v) is 5.50. The summed E-state index contributed by atoms with van der Waals surface area (Å²) in [6, 6.07) is 0. The van der Waals surface area contributed by atoms with Crippen LogP contribution in [0.4, 0.5) is 0 Å². The molecular weight excluding hydrogens is 118 g/mol. The minimum atomic E-state index is -0.154. The van der Waals surface area contributed by atoms with E-state index in [2.05, 4.69) is 10.5 Å². The lowest BCUT2D eigenvalue weighted by Crippen LogP contribution is -2.47. The molecule has 1 saturated heterocycles. The van der Waals surface area contributed by atoms with Gasteiger partial charge in [0.15, 0.2) is 6.17 Å². The van der Waals surface area contributed by atoms with Gasteiger partial charge >= 0.3 is 0 Å². The van der Waals surface area contributed by atoms with Crippen molar-refractivity contribution in [1.82, 2.24) is 10.2 Å². The summed E-state index contributed by atoms with van der Waals surface area (Å²) < 4.78 is 0. The molecular formula is C5H11N3O. The van der Waals surface area contributed by atoms with Crippen LogP contribution >= 0.6 is 0 Å². The molecule has 1 heterocycles. The number of nitrogens with one attached hydrogen (secondary N) is 1. The molecule has 4 heteroatoms. The smallest absolute Gasteiger partial charge is 0.157 e. The molecule has 0 bridgehead atoms. The van der Waals surface area contributed by atoms with E-state index < -0.39 is 0 Å². The predicted molar refractivity (Wildman–Crippen MR) is 35.1 cm³/mol. The number of likely N-dealkylation sites (N-methyl/N-ethyl adjacent to an activating group) is 1. The topological polar surface area (TPSA) is 44.7 Å². The highest BCUT2D eigenvalue weighted by atomic mass is 16.3. The summed E-state index contributed by atoms with van der Waals surface area (Å²) in [4.78, 5) is 12.0. The Hall–Kier alpha value is -0.480. The van der Waals surface area contributed by atoms with Gasteiger partial charge in [-0.05, 0) is 12.2 Å². The third-order valence-corrected chi connectivity index (χ3v) is 1.60. The quantitative estimate of drug-likeness (QED) is 0.490. The fraction of sp³-hybridized carbons (Fsp3) is 1.00. The Morgan fingerprint density at radius 1 is 1.78 bits per heavy atom. The van der Waals surface area contributed by atoms with E-state index in [1.807, 2.05) is 11.9 Å². The minimum absolute atomic E-state index is 0.154. The van der Waals surface area contributed by atoms with Crippen LogP contribution in [0.15, 0.2) is 5.18 Å². The van der Waals surface area contributed by atoms with Crippen LogP contribution in [0, 0.1) is 4.91 Å². The van der Waals surface area contributed by atoms with Crippen molar-refractivity contribution in [2.24, 2.45) is 5.18 Å². The van der Waals surface area contributed by atoms with E-state index in [0.717, 1.165) is 13.1 Å². The van der Waals surface area contributed by atoms with Gasteiger partial charge in [0.1, 0.15) is 0 Å². The van der Waals surface area contributed by atoms with E-state index in [1.54, 1.807) is 0 Å². The van der Waals surface area contributed by atoms with Crippen molar-refractivity contribution in [1.29, 1.82) is 0 Å². The Morgan fingerprint density at radius 3 is 3.00 bits per heavy atom. The van der Waals surface area contributed by atoms with Crippen LogP contribution in [0.2, 0.25) is 0 Å².